The minimum absolute atomic E-state index is 0.00783. The number of phenolic OH excluding ortho intramolecular Hbond substituents is 1. The van der Waals surface area contributed by atoms with Gasteiger partial charge in [0.25, 0.3) is 0 Å². The standard InChI is InChI=1S/C25H27FO3/c1-25-11-10-17-18(21(25)8-9-23(25)28)7-4-15-12-22(27)20(13-19(15)17)24(29)14-2-5-16(26)6-3-14/h2-3,5-6,12-13,17-18,21,23,27-28H,4,7-11H2,1H3/t17-,18+,21-,23-,25-/m0/s1. The van der Waals surface area contributed by atoms with Gasteiger partial charge in [-0.25, -0.2) is 4.39 Å². The lowest BCUT2D eigenvalue weighted by Gasteiger charge is -2.50. The zero-order valence-corrected chi connectivity index (χ0v) is 16.7. The van der Waals surface area contributed by atoms with Crippen molar-refractivity contribution in [2.45, 2.75) is 57.5 Å². The Kier molecular flexibility index (Phi) is 4.32. The average Bonchev–Trinajstić information content (AvgIpc) is 3.02. The summed E-state index contributed by atoms with van der Waals surface area (Å²) >= 11 is 0. The van der Waals surface area contributed by atoms with E-state index in [0.29, 0.717) is 28.9 Å². The van der Waals surface area contributed by atoms with Gasteiger partial charge in [0.05, 0.1) is 11.7 Å². The lowest BCUT2D eigenvalue weighted by atomic mass is 9.55. The molecule has 0 radical (unpaired) electrons. The maximum Gasteiger partial charge on any atom is 0.196 e. The van der Waals surface area contributed by atoms with Gasteiger partial charge in [0.1, 0.15) is 11.6 Å². The maximum absolute atomic E-state index is 13.2. The second-order valence-corrected chi connectivity index (χ2v) is 9.46. The topological polar surface area (TPSA) is 57.5 Å². The molecule has 3 nitrogen and oxygen atoms in total. The van der Waals surface area contributed by atoms with E-state index in [-0.39, 0.29) is 28.9 Å². The van der Waals surface area contributed by atoms with E-state index in [0.717, 1.165) is 44.1 Å². The fourth-order valence-electron chi connectivity index (χ4n) is 6.52. The Labute approximate surface area is 170 Å². The predicted octanol–water partition coefficient (Wildman–Crippen LogP) is 4.98. The first-order valence-electron chi connectivity index (χ1n) is 10.7. The summed E-state index contributed by atoms with van der Waals surface area (Å²) in [4.78, 5) is 13.0. The molecule has 3 aliphatic rings. The van der Waals surface area contributed by atoms with Crippen LogP contribution >= 0.6 is 0 Å². The molecule has 4 heteroatoms. The summed E-state index contributed by atoms with van der Waals surface area (Å²) in [5, 5.41) is 21.1. The van der Waals surface area contributed by atoms with Crippen molar-refractivity contribution in [3.8, 4) is 5.75 Å². The molecule has 5 rings (SSSR count). The Morgan fingerprint density at radius 2 is 1.86 bits per heavy atom. The minimum atomic E-state index is -0.386. The van der Waals surface area contributed by atoms with Gasteiger partial charge < -0.3 is 10.2 Å². The molecule has 0 bridgehead atoms. The van der Waals surface area contributed by atoms with Crippen LogP contribution in [0.5, 0.6) is 5.75 Å². The summed E-state index contributed by atoms with van der Waals surface area (Å²) in [6, 6.07) is 9.12. The highest BCUT2D eigenvalue weighted by atomic mass is 19.1. The molecule has 2 fully saturated rings. The SMILES string of the molecule is C[C@]12CC[C@@H]3c4cc(C(=O)c5ccc(F)cc5)c(O)cc4CC[C@H]3[C@@H]1CC[C@@H]2O. The first-order valence-corrected chi connectivity index (χ1v) is 10.7. The van der Waals surface area contributed by atoms with E-state index < -0.39 is 0 Å². The van der Waals surface area contributed by atoms with Crippen LogP contribution in [0.1, 0.15) is 72.0 Å². The molecule has 0 unspecified atom stereocenters. The third kappa shape index (κ3) is 2.83. The highest BCUT2D eigenvalue weighted by Crippen LogP contribution is 2.61. The number of carbonyl (C=O) groups excluding carboxylic acids is 1. The number of fused-ring (bicyclic) bond motifs is 5. The maximum atomic E-state index is 13.2. The number of ketones is 1. The number of aliphatic hydroxyl groups is 1. The summed E-state index contributed by atoms with van der Waals surface area (Å²) in [5.41, 5.74) is 3.02. The summed E-state index contributed by atoms with van der Waals surface area (Å²) in [6.45, 7) is 2.25. The van der Waals surface area contributed by atoms with Crippen LogP contribution in [0.15, 0.2) is 36.4 Å². The van der Waals surface area contributed by atoms with Crippen LogP contribution < -0.4 is 0 Å². The van der Waals surface area contributed by atoms with E-state index in [2.05, 4.69) is 6.92 Å². The van der Waals surface area contributed by atoms with Gasteiger partial charge in [0.2, 0.25) is 0 Å². The van der Waals surface area contributed by atoms with Crippen molar-refractivity contribution in [3.05, 3.63) is 64.5 Å². The highest BCUT2D eigenvalue weighted by molar-refractivity contribution is 6.10. The van der Waals surface area contributed by atoms with Crippen LogP contribution in [0.4, 0.5) is 4.39 Å². The van der Waals surface area contributed by atoms with Crippen molar-refractivity contribution in [1.29, 1.82) is 0 Å². The third-order valence-electron chi connectivity index (χ3n) is 8.14. The number of aliphatic hydroxyl groups excluding tert-OH is 1. The molecule has 2 saturated carbocycles. The average molecular weight is 394 g/mol. The quantitative estimate of drug-likeness (QED) is 0.707. The van der Waals surface area contributed by atoms with Crippen LogP contribution in [0.3, 0.4) is 0 Å². The van der Waals surface area contributed by atoms with Crippen molar-refractivity contribution in [1.82, 2.24) is 0 Å². The molecular formula is C25H27FO3. The number of benzene rings is 2. The number of hydrogen-bond donors (Lipinski definition) is 2. The third-order valence-corrected chi connectivity index (χ3v) is 8.14. The molecule has 3 aliphatic carbocycles. The van der Waals surface area contributed by atoms with Crippen LogP contribution in [0.25, 0.3) is 0 Å². The van der Waals surface area contributed by atoms with E-state index in [1.54, 1.807) is 6.07 Å². The zero-order chi connectivity index (χ0) is 20.3. The van der Waals surface area contributed by atoms with Crippen molar-refractivity contribution >= 4 is 5.78 Å². The number of hydrogen-bond acceptors (Lipinski definition) is 3. The molecule has 0 amide bonds. The summed E-state index contributed by atoms with van der Waals surface area (Å²) in [5.74, 6) is 0.773. The van der Waals surface area contributed by atoms with E-state index in [1.807, 2.05) is 6.07 Å². The Morgan fingerprint density at radius 3 is 2.62 bits per heavy atom. The van der Waals surface area contributed by atoms with Gasteiger partial charge in [-0.2, -0.15) is 0 Å². The van der Waals surface area contributed by atoms with Crippen molar-refractivity contribution in [2.24, 2.45) is 17.3 Å². The second kappa shape index (κ2) is 6.66. The summed E-state index contributed by atoms with van der Waals surface area (Å²) in [6.07, 6.45) is 5.75. The lowest BCUT2D eigenvalue weighted by Crippen LogP contribution is -2.44. The Hall–Kier alpha value is -2.20. The number of phenols is 1. The minimum Gasteiger partial charge on any atom is -0.507 e. The Balaban J connectivity index is 1.52. The Morgan fingerprint density at radius 1 is 1.10 bits per heavy atom. The Bertz CT molecular complexity index is 967. The molecule has 0 spiro atoms. The number of aromatic hydroxyl groups is 1. The number of carbonyl (C=O) groups is 1. The van der Waals surface area contributed by atoms with Crippen molar-refractivity contribution in [3.63, 3.8) is 0 Å². The van der Waals surface area contributed by atoms with Gasteiger partial charge in [-0.05, 0) is 109 Å². The fourth-order valence-corrected chi connectivity index (χ4v) is 6.52. The molecule has 2 aromatic rings. The van der Waals surface area contributed by atoms with Crippen molar-refractivity contribution < 1.29 is 19.4 Å². The number of rotatable bonds is 2. The highest BCUT2D eigenvalue weighted by Gasteiger charge is 2.54. The molecule has 0 saturated heterocycles. The molecule has 29 heavy (non-hydrogen) atoms. The van der Waals surface area contributed by atoms with E-state index in [9.17, 15) is 19.4 Å². The van der Waals surface area contributed by atoms with Crippen LogP contribution in [-0.2, 0) is 6.42 Å². The van der Waals surface area contributed by atoms with Gasteiger partial charge in [0.15, 0.2) is 5.78 Å². The normalized spacial score (nSPS) is 32.9. The summed E-state index contributed by atoms with van der Waals surface area (Å²) < 4.78 is 13.2. The van der Waals surface area contributed by atoms with E-state index in [4.69, 9.17) is 0 Å². The number of aryl methyl sites for hydroxylation is 1. The van der Waals surface area contributed by atoms with Crippen LogP contribution in [-0.4, -0.2) is 22.1 Å². The van der Waals surface area contributed by atoms with Gasteiger partial charge in [-0.3, -0.25) is 4.79 Å². The van der Waals surface area contributed by atoms with Crippen LogP contribution in [0, 0.1) is 23.1 Å². The molecule has 0 heterocycles. The van der Waals surface area contributed by atoms with E-state index in [1.165, 1.54) is 29.8 Å². The molecule has 5 atom stereocenters. The molecule has 0 aromatic heterocycles. The predicted molar refractivity (Wildman–Crippen MR) is 109 cm³/mol. The van der Waals surface area contributed by atoms with Crippen LogP contribution in [0.2, 0.25) is 0 Å². The second-order valence-electron chi connectivity index (χ2n) is 9.46. The largest absolute Gasteiger partial charge is 0.507 e. The van der Waals surface area contributed by atoms with E-state index >= 15 is 0 Å². The van der Waals surface area contributed by atoms with Gasteiger partial charge >= 0.3 is 0 Å². The molecular weight excluding hydrogens is 367 g/mol. The first kappa shape index (κ1) is 18.8. The zero-order valence-electron chi connectivity index (χ0n) is 16.7. The number of halogens is 1. The van der Waals surface area contributed by atoms with Gasteiger partial charge in [0, 0.05) is 5.56 Å². The van der Waals surface area contributed by atoms with Gasteiger partial charge in [-0.15, -0.1) is 0 Å². The lowest BCUT2D eigenvalue weighted by molar-refractivity contribution is -0.0226. The molecule has 0 aliphatic heterocycles. The smallest absolute Gasteiger partial charge is 0.196 e. The monoisotopic (exact) mass is 394 g/mol. The molecule has 152 valence electrons. The molecule has 2 aromatic carbocycles. The van der Waals surface area contributed by atoms with Gasteiger partial charge in [-0.1, -0.05) is 6.92 Å². The first-order chi connectivity index (χ1) is 13.9. The summed E-state index contributed by atoms with van der Waals surface area (Å²) in [7, 11) is 0. The molecule has 2 N–H and O–H groups in total. The fraction of sp³-hybridized carbons (Fsp3) is 0.480. The van der Waals surface area contributed by atoms with Crippen molar-refractivity contribution in [2.75, 3.05) is 0 Å².